The Morgan fingerprint density at radius 3 is 2.22 bits per heavy atom. The van der Waals surface area contributed by atoms with E-state index in [1.165, 1.54) is 0 Å². The summed E-state index contributed by atoms with van der Waals surface area (Å²) in [5.41, 5.74) is 4.52. The van der Waals surface area contributed by atoms with Gasteiger partial charge in [-0.3, -0.25) is 4.79 Å². The highest BCUT2D eigenvalue weighted by Crippen LogP contribution is 2.25. The van der Waals surface area contributed by atoms with Crippen LogP contribution in [0.5, 0.6) is 0 Å². The van der Waals surface area contributed by atoms with Gasteiger partial charge in [0.15, 0.2) is 0 Å². The van der Waals surface area contributed by atoms with Gasteiger partial charge in [-0.05, 0) is 87.6 Å². The van der Waals surface area contributed by atoms with Gasteiger partial charge >= 0.3 is 6.09 Å². The van der Waals surface area contributed by atoms with Gasteiger partial charge in [-0.25, -0.2) is 4.79 Å². The summed E-state index contributed by atoms with van der Waals surface area (Å²) in [4.78, 5) is 28.5. The van der Waals surface area contributed by atoms with E-state index in [9.17, 15) is 9.59 Å². The van der Waals surface area contributed by atoms with Crippen LogP contribution in [0.2, 0.25) is 0 Å². The van der Waals surface area contributed by atoms with Crippen molar-refractivity contribution in [1.82, 2.24) is 5.32 Å². The predicted octanol–water partition coefficient (Wildman–Crippen LogP) is 6.02. The van der Waals surface area contributed by atoms with Gasteiger partial charge in [0.25, 0.3) is 5.91 Å². The molecule has 0 aliphatic rings. The number of nitriles is 1. The molecule has 3 rings (SSSR count). The molecule has 1 N–H and O–H groups in total. The van der Waals surface area contributed by atoms with Gasteiger partial charge in [0.1, 0.15) is 11.6 Å². The molecular formula is C30H33N3O3. The zero-order chi connectivity index (χ0) is 26.3. The third kappa shape index (κ3) is 7.19. The number of alkyl carbamates (subject to hydrolysis) is 1. The molecule has 0 spiro atoms. The maximum Gasteiger partial charge on any atom is 0.408 e. The lowest BCUT2D eigenvalue weighted by Crippen LogP contribution is -2.45. The lowest BCUT2D eigenvalue weighted by molar-refractivity contribution is -0.120. The summed E-state index contributed by atoms with van der Waals surface area (Å²) < 4.78 is 5.46. The van der Waals surface area contributed by atoms with Crippen molar-refractivity contribution in [2.45, 2.75) is 52.7 Å². The maximum absolute atomic E-state index is 14.1. The number of anilines is 1. The molecule has 36 heavy (non-hydrogen) atoms. The van der Waals surface area contributed by atoms with Gasteiger partial charge in [0.05, 0.1) is 11.6 Å². The van der Waals surface area contributed by atoms with Gasteiger partial charge in [-0.15, -0.1) is 0 Å². The van der Waals surface area contributed by atoms with E-state index in [-0.39, 0.29) is 5.91 Å². The van der Waals surface area contributed by atoms with Crippen molar-refractivity contribution in [2.24, 2.45) is 0 Å². The van der Waals surface area contributed by atoms with Gasteiger partial charge in [0, 0.05) is 12.2 Å². The number of nitrogens with zero attached hydrogens (tertiary/aromatic N) is 2. The first-order valence-electron chi connectivity index (χ1n) is 12.0. The van der Waals surface area contributed by atoms with Crippen LogP contribution in [-0.4, -0.2) is 24.1 Å². The average molecular weight is 484 g/mol. The van der Waals surface area contributed by atoms with Gasteiger partial charge in [-0.2, -0.15) is 5.26 Å². The molecule has 0 radical (unpaired) electrons. The molecule has 6 nitrogen and oxygen atoms in total. The normalized spacial score (nSPS) is 11.8. The van der Waals surface area contributed by atoms with E-state index in [1.807, 2.05) is 74.5 Å². The van der Waals surface area contributed by atoms with E-state index in [0.717, 1.165) is 22.4 Å². The Morgan fingerprint density at radius 1 is 0.972 bits per heavy atom. The summed E-state index contributed by atoms with van der Waals surface area (Å²) >= 11 is 0. The van der Waals surface area contributed by atoms with Crippen LogP contribution < -0.4 is 10.2 Å². The van der Waals surface area contributed by atoms with Crippen molar-refractivity contribution in [1.29, 1.82) is 5.26 Å². The molecular weight excluding hydrogens is 450 g/mol. The van der Waals surface area contributed by atoms with E-state index < -0.39 is 17.7 Å². The fourth-order valence-corrected chi connectivity index (χ4v) is 3.76. The number of hydrogen-bond donors (Lipinski definition) is 1. The Morgan fingerprint density at radius 2 is 1.64 bits per heavy atom. The van der Waals surface area contributed by atoms with E-state index in [1.54, 1.807) is 37.8 Å². The zero-order valence-corrected chi connectivity index (χ0v) is 21.5. The monoisotopic (exact) mass is 483 g/mol. The summed E-state index contributed by atoms with van der Waals surface area (Å²) in [6.07, 6.45) is -0.0740. The highest BCUT2D eigenvalue weighted by Gasteiger charge is 2.30. The van der Waals surface area contributed by atoms with Crippen molar-refractivity contribution in [2.75, 3.05) is 11.4 Å². The number of carbonyl (C=O) groups excluding carboxylic acids is 2. The van der Waals surface area contributed by atoms with E-state index in [0.29, 0.717) is 24.1 Å². The van der Waals surface area contributed by atoms with Gasteiger partial charge < -0.3 is 15.0 Å². The molecule has 0 heterocycles. The first kappa shape index (κ1) is 26.5. The standard InChI is InChI=1S/C30H33N3O3/c1-21-11-16-26(19-22(21)2)33(18-17-23-12-14-24(20-31)15-13-23)28(34)27(25-9-7-6-8-10-25)32-29(35)36-30(3,4)5/h6-16,19,27H,17-18H2,1-5H3,(H,32,35)/t27-/m0/s1. The second kappa shape index (κ2) is 11.5. The molecule has 3 aromatic carbocycles. The van der Waals surface area contributed by atoms with Crippen molar-refractivity contribution >= 4 is 17.7 Å². The third-order valence-electron chi connectivity index (χ3n) is 5.82. The molecule has 6 heteroatoms. The van der Waals surface area contributed by atoms with Crippen LogP contribution >= 0.6 is 0 Å². The largest absolute Gasteiger partial charge is 0.444 e. The Hall–Kier alpha value is -4.11. The molecule has 1 atom stereocenters. The topological polar surface area (TPSA) is 82.4 Å². The van der Waals surface area contributed by atoms with Crippen LogP contribution in [0.25, 0.3) is 0 Å². The molecule has 0 unspecified atom stereocenters. The summed E-state index contributed by atoms with van der Waals surface area (Å²) in [6, 6.07) is 23.6. The molecule has 3 aromatic rings. The first-order valence-corrected chi connectivity index (χ1v) is 12.0. The minimum Gasteiger partial charge on any atom is -0.444 e. The quantitative estimate of drug-likeness (QED) is 0.446. The van der Waals surface area contributed by atoms with Gasteiger partial charge in [0.2, 0.25) is 0 Å². The Balaban J connectivity index is 1.96. The maximum atomic E-state index is 14.1. The average Bonchev–Trinajstić information content (AvgIpc) is 2.84. The number of hydrogen-bond acceptors (Lipinski definition) is 4. The zero-order valence-electron chi connectivity index (χ0n) is 21.5. The summed E-state index contributed by atoms with van der Waals surface area (Å²) in [7, 11) is 0. The van der Waals surface area contributed by atoms with E-state index in [2.05, 4.69) is 11.4 Å². The predicted molar refractivity (Wildman–Crippen MR) is 142 cm³/mol. The van der Waals surface area contributed by atoms with Crippen LogP contribution in [0.4, 0.5) is 10.5 Å². The number of carbonyl (C=O) groups is 2. The number of aryl methyl sites for hydroxylation is 2. The number of nitrogens with one attached hydrogen (secondary N) is 1. The highest BCUT2D eigenvalue weighted by molar-refractivity contribution is 5.99. The molecule has 0 aromatic heterocycles. The Bertz CT molecular complexity index is 1240. The van der Waals surface area contributed by atoms with E-state index in [4.69, 9.17) is 10.00 Å². The molecule has 0 saturated heterocycles. The van der Waals surface area contributed by atoms with Crippen molar-refractivity contribution < 1.29 is 14.3 Å². The summed E-state index contributed by atoms with van der Waals surface area (Å²) in [5, 5.41) is 11.9. The number of ether oxygens (including phenoxy) is 1. The summed E-state index contributed by atoms with van der Waals surface area (Å²) in [5.74, 6) is -0.260. The fourth-order valence-electron chi connectivity index (χ4n) is 3.76. The van der Waals surface area contributed by atoms with E-state index >= 15 is 0 Å². The van der Waals surface area contributed by atoms with Crippen molar-refractivity contribution in [3.8, 4) is 6.07 Å². The number of benzene rings is 3. The van der Waals surface area contributed by atoms with Crippen molar-refractivity contribution in [3.05, 3.63) is 101 Å². The van der Waals surface area contributed by atoms with Crippen LogP contribution in [-0.2, 0) is 16.0 Å². The molecule has 0 bridgehead atoms. The van der Waals surface area contributed by atoms with Crippen LogP contribution in [0.3, 0.4) is 0 Å². The Kier molecular flexibility index (Phi) is 8.50. The second-order valence-corrected chi connectivity index (χ2v) is 9.81. The minimum absolute atomic E-state index is 0.260. The highest BCUT2D eigenvalue weighted by atomic mass is 16.6. The lowest BCUT2D eigenvalue weighted by Gasteiger charge is -2.30. The third-order valence-corrected chi connectivity index (χ3v) is 5.82. The van der Waals surface area contributed by atoms with Crippen molar-refractivity contribution in [3.63, 3.8) is 0 Å². The molecule has 2 amide bonds. The summed E-state index contributed by atoms with van der Waals surface area (Å²) in [6.45, 7) is 9.78. The number of amides is 2. The molecule has 0 fully saturated rings. The SMILES string of the molecule is Cc1ccc(N(CCc2ccc(C#N)cc2)C(=O)[C@@H](NC(=O)OC(C)(C)C)c2ccccc2)cc1C. The molecule has 0 aliphatic carbocycles. The number of rotatable bonds is 7. The minimum atomic E-state index is -0.927. The smallest absolute Gasteiger partial charge is 0.408 e. The Labute approximate surface area is 213 Å². The molecule has 0 aliphatic heterocycles. The van der Waals surface area contributed by atoms with Crippen LogP contribution in [0, 0.1) is 25.2 Å². The fraction of sp³-hybridized carbons (Fsp3) is 0.300. The van der Waals surface area contributed by atoms with Crippen LogP contribution in [0.15, 0.2) is 72.8 Å². The molecule has 0 saturated carbocycles. The molecule has 186 valence electrons. The second-order valence-electron chi connectivity index (χ2n) is 9.81. The van der Waals surface area contributed by atoms with Crippen LogP contribution in [0.1, 0.15) is 54.6 Å². The first-order chi connectivity index (χ1) is 17.1. The van der Waals surface area contributed by atoms with Gasteiger partial charge in [-0.1, -0.05) is 48.5 Å². The lowest BCUT2D eigenvalue weighted by atomic mass is 10.0.